The number of rotatable bonds is 10. The quantitative estimate of drug-likeness (QED) is 0.176. The molecule has 3 rings (SSSR count). The molecule has 11 nitrogen and oxygen atoms in total. The number of hydrogen-bond acceptors (Lipinski definition) is 8. The molecule has 46 heavy (non-hydrogen) atoms. The van der Waals surface area contributed by atoms with Crippen LogP contribution in [0.25, 0.3) is 4.13 Å². The SMILES string of the molecule is C[n+]1ccn(CCCCCC(C)(C2=N[C@@H](C(C)(C)C)CO2)C2=N[C@@H](C(C)(C)C)CO2)c1.O=S(=O)([N-]S(=O)(=O)C(F)(F)F)C(F)(F)F. The van der Waals surface area contributed by atoms with Gasteiger partial charge in [0.2, 0.25) is 6.33 Å². The van der Waals surface area contributed by atoms with Crippen LogP contribution in [0.4, 0.5) is 26.3 Å². The zero-order valence-electron chi connectivity index (χ0n) is 27.1. The zero-order chi connectivity index (χ0) is 35.6. The minimum absolute atomic E-state index is 0.0852. The monoisotopic (exact) mass is 711 g/mol. The minimum atomic E-state index is -6.72. The van der Waals surface area contributed by atoms with Crippen LogP contribution in [0.3, 0.4) is 0 Å². The van der Waals surface area contributed by atoms with E-state index in [9.17, 15) is 43.2 Å². The fourth-order valence-corrected chi connectivity index (χ4v) is 6.05. The van der Waals surface area contributed by atoms with Crippen LogP contribution in [-0.4, -0.2) is 69.5 Å². The van der Waals surface area contributed by atoms with E-state index in [1.807, 2.05) is 0 Å². The summed E-state index contributed by atoms with van der Waals surface area (Å²) < 4.78 is 126. The van der Waals surface area contributed by atoms with Gasteiger partial charge in [-0.3, -0.25) is 0 Å². The molecule has 0 aromatic carbocycles. The molecule has 0 fully saturated rings. The van der Waals surface area contributed by atoms with Crippen LogP contribution >= 0.6 is 0 Å². The van der Waals surface area contributed by atoms with Crippen molar-refractivity contribution in [2.45, 2.75) is 104 Å². The first-order valence-electron chi connectivity index (χ1n) is 14.4. The predicted molar refractivity (Wildman–Crippen MR) is 159 cm³/mol. The van der Waals surface area contributed by atoms with Gasteiger partial charge in [0.25, 0.3) is 0 Å². The van der Waals surface area contributed by atoms with E-state index in [4.69, 9.17) is 19.5 Å². The van der Waals surface area contributed by atoms with Crippen molar-refractivity contribution in [2.24, 2.45) is 33.3 Å². The number of sulfonamides is 2. The smallest absolute Gasteiger partial charge is 0.478 e. The van der Waals surface area contributed by atoms with Gasteiger partial charge < -0.3 is 13.6 Å². The Kier molecular flexibility index (Phi) is 12.1. The molecule has 19 heteroatoms. The Balaban J connectivity index is 0.000000415. The van der Waals surface area contributed by atoms with Crippen molar-refractivity contribution in [1.29, 1.82) is 0 Å². The summed E-state index contributed by atoms with van der Waals surface area (Å²) in [5, 5.41) is 0. The van der Waals surface area contributed by atoms with Crippen molar-refractivity contribution < 1.29 is 57.2 Å². The van der Waals surface area contributed by atoms with Gasteiger partial charge in [-0.1, -0.05) is 48.0 Å². The van der Waals surface area contributed by atoms with E-state index in [1.54, 1.807) is 0 Å². The van der Waals surface area contributed by atoms with Crippen LogP contribution < -0.4 is 4.57 Å². The highest BCUT2D eigenvalue weighted by Crippen LogP contribution is 2.39. The van der Waals surface area contributed by atoms with E-state index in [0.717, 1.165) is 48.2 Å². The van der Waals surface area contributed by atoms with Gasteiger partial charge in [-0.15, -0.1) is 0 Å². The molecular formula is C27H43F6N5O6S2. The molecule has 2 aliphatic heterocycles. The van der Waals surface area contributed by atoms with Crippen LogP contribution in [0.5, 0.6) is 0 Å². The van der Waals surface area contributed by atoms with Gasteiger partial charge in [-0.2, -0.15) is 26.3 Å². The van der Waals surface area contributed by atoms with Crippen molar-refractivity contribution in [2.75, 3.05) is 13.2 Å². The Bertz CT molecular complexity index is 1390. The predicted octanol–water partition coefficient (Wildman–Crippen LogP) is 5.63. The number of imidazole rings is 1. The molecule has 266 valence electrons. The Morgan fingerprint density at radius 2 is 1.24 bits per heavy atom. The van der Waals surface area contributed by atoms with Crippen LogP contribution in [0.15, 0.2) is 28.7 Å². The largest absolute Gasteiger partial charge is 0.480 e. The molecule has 0 saturated heterocycles. The third-order valence-electron chi connectivity index (χ3n) is 7.44. The lowest BCUT2D eigenvalue weighted by molar-refractivity contribution is -0.671. The molecule has 3 heterocycles. The second kappa shape index (κ2) is 14.0. The van der Waals surface area contributed by atoms with Gasteiger partial charge in [0.1, 0.15) is 31.0 Å². The van der Waals surface area contributed by atoms with Crippen molar-refractivity contribution >= 4 is 31.8 Å². The van der Waals surface area contributed by atoms with E-state index in [0.29, 0.717) is 13.2 Å². The van der Waals surface area contributed by atoms with Crippen molar-refractivity contribution in [3.63, 3.8) is 0 Å². The number of aliphatic imine (C=N–C) groups is 2. The number of alkyl halides is 6. The summed E-state index contributed by atoms with van der Waals surface area (Å²) in [4.78, 5) is 10.1. The summed E-state index contributed by atoms with van der Waals surface area (Å²) in [5.74, 6) is 1.64. The Hall–Kier alpha value is -2.41. The molecule has 2 aliphatic rings. The Labute approximate surface area is 266 Å². The number of halogens is 6. The standard InChI is InChI=1S/C25H43N4O2.C2F6NO4S2/c1-23(2,3)19-16-30-21(26-19)25(7,22-27-20(17-31-22)24(4,5)6)12-10-9-11-13-29-15-14-28(8)18-29;3-1(4,5)14(10,11)9-15(12,13)2(6,7)8/h14-15,18-20H,9-13,16-17H2,1-8H3;/q+1;-1/t19-,20-;/m1./s1. The van der Waals surface area contributed by atoms with E-state index >= 15 is 0 Å². The lowest BCUT2D eigenvalue weighted by atomic mass is 9.83. The number of aryl methyl sites for hydroxylation is 2. The van der Waals surface area contributed by atoms with E-state index in [-0.39, 0.29) is 28.3 Å². The lowest BCUT2D eigenvalue weighted by Gasteiger charge is -2.28. The summed E-state index contributed by atoms with van der Waals surface area (Å²) in [6.45, 7) is 17.9. The number of nitrogens with zero attached hydrogens (tertiary/aromatic N) is 5. The van der Waals surface area contributed by atoms with Crippen molar-refractivity contribution in [3.8, 4) is 0 Å². The van der Waals surface area contributed by atoms with Crippen LogP contribution in [-0.2, 0) is 43.1 Å². The Morgan fingerprint density at radius 3 is 1.57 bits per heavy atom. The van der Waals surface area contributed by atoms with Gasteiger partial charge in [0, 0.05) is 0 Å². The van der Waals surface area contributed by atoms with E-state index < -0.39 is 31.1 Å². The third-order valence-corrected chi connectivity index (χ3v) is 10.2. The number of hydrogen-bond donors (Lipinski definition) is 0. The molecule has 0 radical (unpaired) electrons. The highest BCUT2D eigenvalue weighted by atomic mass is 32.3. The normalized spacial score (nSPS) is 20.0. The fourth-order valence-electron chi connectivity index (χ4n) is 4.34. The first-order valence-corrected chi connectivity index (χ1v) is 17.3. The summed E-state index contributed by atoms with van der Waals surface area (Å²) in [6, 6.07) is 0.355. The molecular weight excluding hydrogens is 668 g/mol. The highest BCUT2D eigenvalue weighted by molar-refractivity contribution is 8.13. The first-order chi connectivity index (χ1) is 20.6. The van der Waals surface area contributed by atoms with Gasteiger partial charge in [0.15, 0.2) is 31.8 Å². The second-order valence-electron chi connectivity index (χ2n) is 13.6. The molecule has 0 bridgehead atoms. The molecule has 1 aromatic rings. The average Bonchev–Trinajstić information content (AvgIpc) is 3.62. The van der Waals surface area contributed by atoms with Gasteiger partial charge >= 0.3 is 11.0 Å². The van der Waals surface area contributed by atoms with Crippen LogP contribution in [0.1, 0.15) is 74.1 Å². The summed E-state index contributed by atoms with van der Waals surface area (Å²) in [5.41, 5.74) is -12.6. The molecule has 0 aliphatic carbocycles. The van der Waals surface area contributed by atoms with Crippen molar-refractivity contribution in [3.05, 3.63) is 22.8 Å². The lowest BCUT2D eigenvalue weighted by Crippen LogP contribution is -2.37. The van der Waals surface area contributed by atoms with Gasteiger partial charge in [-0.05, 0) is 37.0 Å². The van der Waals surface area contributed by atoms with Gasteiger partial charge in [0.05, 0.1) is 25.7 Å². The molecule has 0 unspecified atom stereocenters. The molecule has 0 spiro atoms. The molecule has 2 atom stereocenters. The summed E-state index contributed by atoms with van der Waals surface area (Å²) in [6.07, 6.45) is 10.7. The van der Waals surface area contributed by atoms with Crippen LogP contribution in [0.2, 0.25) is 0 Å². The van der Waals surface area contributed by atoms with E-state index in [1.165, 1.54) is 0 Å². The topological polar surface area (TPSA) is 134 Å². The first kappa shape index (κ1) is 39.8. The zero-order valence-corrected chi connectivity index (χ0v) is 28.7. The minimum Gasteiger partial charge on any atom is -0.478 e. The Morgan fingerprint density at radius 1 is 0.804 bits per heavy atom. The molecule has 0 amide bonds. The van der Waals surface area contributed by atoms with Gasteiger partial charge in [-0.25, -0.2) is 36.0 Å². The summed E-state index contributed by atoms with van der Waals surface area (Å²) >= 11 is 0. The maximum Gasteiger partial charge on any atom is 0.480 e. The number of unbranched alkanes of at least 4 members (excludes halogenated alkanes) is 2. The van der Waals surface area contributed by atoms with E-state index in [2.05, 4.69) is 83.4 Å². The maximum atomic E-state index is 11.4. The van der Waals surface area contributed by atoms with Crippen LogP contribution in [0, 0.1) is 16.2 Å². The summed E-state index contributed by atoms with van der Waals surface area (Å²) in [7, 11) is -11.4. The average molecular weight is 712 g/mol. The molecule has 1 aromatic heterocycles. The van der Waals surface area contributed by atoms with Crippen molar-refractivity contribution in [1.82, 2.24) is 4.57 Å². The third kappa shape index (κ3) is 10.3. The second-order valence-corrected chi connectivity index (χ2v) is 17.1. The number of ether oxygens (including phenoxy) is 2. The molecule has 0 N–H and O–H groups in total. The molecule has 0 saturated carbocycles. The number of aromatic nitrogens is 2. The fraction of sp³-hybridized carbons (Fsp3) is 0.815. The maximum absolute atomic E-state index is 11.4. The highest BCUT2D eigenvalue weighted by Gasteiger charge is 2.48.